The molecule has 2 atom stereocenters. The van der Waals surface area contributed by atoms with Crippen molar-refractivity contribution in [3.05, 3.63) is 30.1 Å². The van der Waals surface area contributed by atoms with E-state index in [1.165, 1.54) is 7.11 Å². The van der Waals surface area contributed by atoms with Gasteiger partial charge in [0.05, 0.1) is 25.7 Å². The molecule has 0 bridgehead atoms. The van der Waals surface area contributed by atoms with Crippen LogP contribution in [0.2, 0.25) is 0 Å². The molecule has 1 aromatic rings. The van der Waals surface area contributed by atoms with Gasteiger partial charge in [-0.1, -0.05) is 6.07 Å². The fraction of sp³-hybridized carbons (Fsp3) is 0.692. The van der Waals surface area contributed by atoms with Crippen molar-refractivity contribution in [3.8, 4) is 0 Å². The minimum Gasteiger partial charge on any atom is -0.469 e. The first-order valence-electron chi connectivity index (χ1n) is 12.6. The summed E-state index contributed by atoms with van der Waals surface area (Å²) in [4.78, 5) is 41.9. The third-order valence-corrected chi connectivity index (χ3v) is 7.07. The molecular formula is C26H39N3O6. The molecule has 0 unspecified atom stereocenters. The summed E-state index contributed by atoms with van der Waals surface area (Å²) >= 11 is 0. The third kappa shape index (κ3) is 8.28. The highest BCUT2D eigenvalue weighted by molar-refractivity contribution is 5.90. The van der Waals surface area contributed by atoms with Crippen molar-refractivity contribution in [1.29, 1.82) is 0 Å². The number of nitrogens with zero attached hydrogens (tertiary/aromatic N) is 2. The molecule has 35 heavy (non-hydrogen) atoms. The van der Waals surface area contributed by atoms with E-state index in [4.69, 9.17) is 9.47 Å². The molecule has 2 heterocycles. The summed E-state index contributed by atoms with van der Waals surface area (Å²) in [7, 11) is 3.14. The van der Waals surface area contributed by atoms with Gasteiger partial charge in [0.25, 0.3) is 0 Å². The summed E-state index contributed by atoms with van der Waals surface area (Å²) in [6.07, 6.45) is 9.20. The zero-order valence-electron chi connectivity index (χ0n) is 20.9. The minimum atomic E-state index is -0.422. The molecule has 1 saturated carbocycles. The number of pyridine rings is 1. The predicted molar refractivity (Wildman–Crippen MR) is 129 cm³/mol. The van der Waals surface area contributed by atoms with E-state index in [2.05, 4.69) is 15.0 Å². The second kappa shape index (κ2) is 14.1. The Bertz CT molecular complexity index is 813. The molecule has 2 fully saturated rings. The summed E-state index contributed by atoms with van der Waals surface area (Å²) in [5.74, 6) is 0.351. The van der Waals surface area contributed by atoms with E-state index in [0.717, 1.165) is 37.9 Å². The molecule has 0 radical (unpaired) electrons. The van der Waals surface area contributed by atoms with E-state index < -0.39 is 5.92 Å². The lowest BCUT2D eigenvalue weighted by molar-refractivity contribution is -0.141. The van der Waals surface area contributed by atoms with E-state index in [1.54, 1.807) is 24.3 Å². The second-order valence-corrected chi connectivity index (χ2v) is 9.55. The number of likely N-dealkylation sites (tertiary alicyclic amines) is 1. The van der Waals surface area contributed by atoms with Crippen LogP contribution in [0.5, 0.6) is 0 Å². The topological polar surface area (TPSA) is 107 Å². The fourth-order valence-electron chi connectivity index (χ4n) is 4.97. The Kier molecular flexibility index (Phi) is 10.9. The van der Waals surface area contributed by atoms with Crippen LogP contribution in [0.25, 0.3) is 0 Å². The third-order valence-electron chi connectivity index (χ3n) is 7.07. The largest absolute Gasteiger partial charge is 0.469 e. The normalized spacial score (nSPS) is 24.4. The lowest BCUT2D eigenvalue weighted by atomic mass is 9.83. The van der Waals surface area contributed by atoms with Crippen LogP contribution < -0.4 is 5.32 Å². The molecule has 1 aliphatic heterocycles. The van der Waals surface area contributed by atoms with E-state index in [1.807, 2.05) is 12.1 Å². The molecule has 194 valence electrons. The molecule has 1 aromatic heterocycles. The number of hydrogen-bond donors (Lipinski definition) is 1. The first-order valence-corrected chi connectivity index (χ1v) is 12.6. The first-order chi connectivity index (χ1) is 17.0. The average molecular weight is 490 g/mol. The number of carbonyl (C=O) groups is 3. The van der Waals surface area contributed by atoms with Gasteiger partial charge < -0.3 is 24.4 Å². The lowest BCUT2D eigenvalue weighted by Crippen LogP contribution is -2.36. The van der Waals surface area contributed by atoms with Gasteiger partial charge in [0.2, 0.25) is 11.8 Å². The van der Waals surface area contributed by atoms with Crippen molar-refractivity contribution < 1.29 is 28.6 Å². The number of nitrogens with one attached hydrogen (secondary N) is 1. The molecule has 2 amide bonds. The lowest BCUT2D eigenvalue weighted by Gasteiger charge is -2.28. The Labute approximate surface area is 207 Å². The number of ether oxygens (including phenoxy) is 3. The van der Waals surface area contributed by atoms with Crippen molar-refractivity contribution in [2.24, 2.45) is 17.8 Å². The van der Waals surface area contributed by atoms with Gasteiger partial charge in [0.1, 0.15) is 0 Å². The van der Waals surface area contributed by atoms with E-state index in [-0.39, 0.29) is 30.2 Å². The fourth-order valence-corrected chi connectivity index (χ4v) is 4.97. The van der Waals surface area contributed by atoms with Gasteiger partial charge >= 0.3 is 5.97 Å². The molecule has 1 N–H and O–H groups in total. The minimum absolute atomic E-state index is 0.0301. The van der Waals surface area contributed by atoms with Gasteiger partial charge in [-0.2, -0.15) is 0 Å². The predicted octanol–water partition coefficient (Wildman–Crippen LogP) is 2.51. The molecule has 3 rings (SSSR count). The van der Waals surface area contributed by atoms with E-state index in [0.29, 0.717) is 51.0 Å². The second-order valence-electron chi connectivity index (χ2n) is 9.55. The number of carbonyl (C=O) groups excluding carboxylic acids is 3. The van der Waals surface area contributed by atoms with Gasteiger partial charge in [-0.05, 0) is 55.6 Å². The Morgan fingerprint density at radius 3 is 2.43 bits per heavy atom. The summed E-state index contributed by atoms with van der Waals surface area (Å²) in [5, 5.41) is 2.95. The number of aromatic nitrogens is 1. The van der Waals surface area contributed by atoms with Crippen LogP contribution >= 0.6 is 0 Å². The number of hydrogen-bond acceptors (Lipinski definition) is 7. The molecule has 0 aromatic carbocycles. The highest BCUT2D eigenvalue weighted by atomic mass is 16.5. The SMILES string of the molecule is COC(=O)CCCOCC1CCC(COCCNC(=O)[C@H]2CC(=O)N(C)[C@@H]2c2cccnc2)CC1. The van der Waals surface area contributed by atoms with Gasteiger partial charge in [0.15, 0.2) is 0 Å². The van der Waals surface area contributed by atoms with Gasteiger partial charge in [0, 0.05) is 58.6 Å². The van der Waals surface area contributed by atoms with E-state index in [9.17, 15) is 14.4 Å². The highest BCUT2D eigenvalue weighted by Crippen LogP contribution is 2.36. The standard InChI is InChI=1S/C26H39N3O6/c1-29-23(30)15-22(25(29)21-5-3-11-27-16-21)26(32)28-12-14-35-18-20-9-7-19(8-10-20)17-34-13-4-6-24(31)33-2/h3,5,11,16,19-20,22,25H,4,6-10,12-15,17-18H2,1-2H3,(H,28,32)/t19?,20?,22-,25+/m0/s1. The summed E-state index contributed by atoms with van der Waals surface area (Å²) in [6, 6.07) is 3.44. The van der Waals surface area contributed by atoms with Crippen LogP contribution in [0.1, 0.15) is 56.6 Å². The smallest absolute Gasteiger partial charge is 0.305 e. The number of rotatable bonds is 13. The molecule has 2 aliphatic rings. The van der Waals surface area contributed by atoms with Crippen molar-refractivity contribution in [3.63, 3.8) is 0 Å². The molecule has 1 saturated heterocycles. The van der Waals surface area contributed by atoms with Crippen LogP contribution in [0.4, 0.5) is 0 Å². The molecular weight excluding hydrogens is 450 g/mol. The van der Waals surface area contributed by atoms with Gasteiger partial charge in [-0.25, -0.2) is 0 Å². The molecule has 1 aliphatic carbocycles. The summed E-state index contributed by atoms with van der Waals surface area (Å²) in [5.41, 5.74) is 0.874. The van der Waals surface area contributed by atoms with Crippen LogP contribution in [0.15, 0.2) is 24.5 Å². The Morgan fingerprint density at radius 1 is 1.11 bits per heavy atom. The van der Waals surface area contributed by atoms with Crippen LogP contribution in [0, 0.1) is 17.8 Å². The highest BCUT2D eigenvalue weighted by Gasteiger charge is 2.42. The Balaban J connectivity index is 1.26. The number of amides is 2. The van der Waals surface area contributed by atoms with Crippen molar-refractivity contribution in [2.75, 3.05) is 47.1 Å². The van der Waals surface area contributed by atoms with E-state index >= 15 is 0 Å². The van der Waals surface area contributed by atoms with Crippen molar-refractivity contribution in [1.82, 2.24) is 15.2 Å². The van der Waals surface area contributed by atoms with Gasteiger partial charge in [-0.3, -0.25) is 19.4 Å². The average Bonchev–Trinajstić information content (AvgIpc) is 3.18. The Hall–Kier alpha value is -2.52. The van der Waals surface area contributed by atoms with Crippen molar-refractivity contribution in [2.45, 2.75) is 51.0 Å². The summed E-state index contributed by atoms with van der Waals surface area (Å²) in [6.45, 7) is 2.94. The number of methoxy groups -OCH3 is 1. The monoisotopic (exact) mass is 489 g/mol. The zero-order chi connectivity index (χ0) is 25.0. The van der Waals surface area contributed by atoms with Crippen LogP contribution in [-0.2, 0) is 28.6 Å². The maximum absolute atomic E-state index is 12.8. The van der Waals surface area contributed by atoms with Crippen LogP contribution in [-0.4, -0.2) is 74.8 Å². The first kappa shape index (κ1) is 27.1. The molecule has 9 nitrogen and oxygen atoms in total. The van der Waals surface area contributed by atoms with Crippen molar-refractivity contribution >= 4 is 17.8 Å². The number of esters is 1. The maximum Gasteiger partial charge on any atom is 0.305 e. The van der Waals surface area contributed by atoms with Gasteiger partial charge in [-0.15, -0.1) is 0 Å². The quantitative estimate of drug-likeness (QED) is 0.335. The van der Waals surface area contributed by atoms with Crippen LogP contribution in [0.3, 0.4) is 0 Å². The summed E-state index contributed by atoms with van der Waals surface area (Å²) < 4.78 is 16.2. The molecule has 9 heteroatoms. The Morgan fingerprint density at radius 2 is 1.80 bits per heavy atom. The molecule has 0 spiro atoms. The maximum atomic E-state index is 12.8. The zero-order valence-corrected chi connectivity index (χ0v) is 20.9.